The molecule has 0 fully saturated rings. The van der Waals surface area contributed by atoms with Crippen LogP contribution in [0.4, 0.5) is 19.6 Å². The average Bonchev–Trinajstić information content (AvgIpc) is 3.14. The number of hydrogen-bond donors (Lipinski definition) is 2. The number of aromatic nitrogens is 2. The Balaban J connectivity index is 1.91. The Hall–Kier alpha value is -3.35. The van der Waals surface area contributed by atoms with Crippen LogP contribution in [0.5, 0.6) is 0 Å². The number of thiazole rings is 1. The molecule has 2 aromatic heterocycles. The SMILES string of the molecule is CC(=O)Nc1nc(C)c(S(=O)(=O)N(Cc2cc(=O)[nH]c3c(F)c(F)ccc23)c2cccc(Cl)c2)s1. The molecule has 35 heavy (non-hydrogen) atoms. The van der Waals surface area contributed by atoms with E-state index in [1.807, 2.05) is 0 Å². The lowest BCUT2D eigenvalue weighted by atomic mass is 10.1. The first-order valence-electron chi connectivity index (χ1n) is 10.0. The molecule has 13 heteroatoms. The summed E-state index contributed by atoms with van der Waals surface area (Å²) in [5, 5.41) is 2.94. The summed E-state index contributed by atoms with van der Waals surface area (Å²) in [5.41, 5.74) is -0.660. The van der Waals surface area contributed by atoms with Gasteiger partial charge < -0.3 is 10.3 Å². The number of rotatable bonds is 6. The fraction of sp³-hybridized carbons (Fsp3) is 0.136. The van der Waals surface area contributed by atoms with Gasteiger partial charge in [-0.05, 0) is 42.8 Å². The number of carbonyl (C=O) groups excluding carboxylic acids is 1. The fourth-order valence-electron chi connectivity index (χ4n) is 3.49. The summed E-state index contributed by atoms with van der Waals surface area (Å²) in [7, 11) is -4.32. The zero-order valence-corrected chi connectivity index (χ0v) is 20.6. The van der Waals surface area contributed by atoms with Crippen LogP contribution in [0.2, 0.25) is 5.02 Å². The zero-order valence-electron chi connectivity index (χ0n) is 18.2. The average molecular weight is 539 g/mol. The van der Waals surface area contributed by atoms with Crippen molar-refractivity contribution >= 4 is 60.6 Å². The molecule has 2 heterocycles. The molecular formula is C22H17ClF2N4O4S2. The molecule has 0 saturated heterocycles. The number of nitrogens with one attached hydrogen (secondary N) is 2. The van der Waals surface area contributed by atoms with Crippen LogP contribution in [0, 0.1) is 18.6 Å². The molecule has 0 aliphatic heterocycles. The topological polar surface area (TPSA) is 112 Å². The van der Waals surface area contributed by atoms with E-state index in [0.29, 0.717) is 0 Å². The molecule has 0 saturated carbocycles. The van der Waals surface area contributed by atoms with Crippen molar-refractivity contribution in [1.82, 2.24) is 9.97 Å². The molecular weight excluding hydrogens is 522 g/mol. The smallest absolute Gasteiger partial charge is 0.276 e. The molecule has 0 atom stereocenters. The Morgan fingerprint density at radius 1 is 1.23 bits per heavy atom. The van der Waals surface area contributed by atoms with Gasteiger partial charge in [0.15, 0.2) is 21.0 Å². The first kappa shape index (κ1) is 24.8. The van der Waals surface area contributed by atoms with Crippen LogP contribution in [-0.2, 0) is 21.4 Å². The number of aryl methyl sites for hydroxylation is 1. The Kier molecular flexibility index (Phi) is 6.62. The molecule has 2 aromatic carbocycles. The van der Waals surface area contributed by atoms with E-state index in [2.05, 4.69) is 15.3 Å². The molecule has 2 N–H and O–H groups in total. The van der Waals surface area contributed by atoms with Gasteiger partial charge in [0.1, 0.15) is 0 Å². The van der Waals surface area contributed by atoms with Crippen LogP contribution in [0.25, 0.3) is 10.9 Å². The van der Waals surface area contributed by atoms with E-state index in [4.69, 9.17) is 11.6 Å². The summed E-state index contributed by atoms with van der Waals surface area (Å²) in [6.07, 6.45) is 0. The highest BCUT2D eigenvalue weighted by Gasteiger charge is 2.31. The highest BCUT2D eigenvalue weighted by atomic mass is 35.5. The summed E-state index contributed by atoms with van der Waals surface area (Å²) in [6.45, 7) is 2.34. The molecule has 0 bridgehead atoms. The summed E-state index contributed by atoms with van der Waals surface area (Å²) < 4.78 is 56.7. The third kappa shape index (κ3) is 4.90. The second-order valence-electron chi connectivity index (χ2n) is 7.51. The van der Waals surface area contributed by atoms with Crippen LogP contribution in [0.1, 0.15) is 18.2 Å². The molecule has 0 unspecified atom stereocenters. The number of nitrogens with zero attached hydrogens (tertiary/aromatic N) is 2. The molecule has 0 aliphatic rings. The van der Waals surface area contributed by atoms with Gasteiger partial charge in [0.05, 0.1) is 23.4 Å². The monoisotopic (exact) mass is 538 g/mol. The Morgan fingerprint density at radius 2 is 1.97 bits per heavy atom. The largest absolute Gasteiger partial charge is 0.319 e. The molecule has 0 radical (unpaired) electrons. The molecule has 182 valence electrons. The molecule has 0 spiro atoms. The van der Waals surface area contributed by atoms with Gasteiger partial charge in [-0.25, -0.2) is 22.2 Å². The summed E-state index contributed by atoms with van der Waals surface area (Å²) >= 11 is 6.87. The number of carbonyl (C=O) groups is 1. The van der Waals surface area contributed by atoms with Crippen molar-refractivity contribution in [1.29, 1.82) is 0 Å². The van der Waals surface area contributed by atoms with Gasteiger partial charge in [0, 0.05) is 23.4 Å². The van der Waals surface area contributed by atoms with E-state index in [-0.39, 0.29) is 42.2 Å². The summed E-state index contributed by atoms with van der Waals surface area (Å²) in [6, 6.07) is 9.30. The maximum atomic E-state index is 14.4. The standard InChI is InChI=1S/C22H17ClF2N4O4S2/c1-11-21(34-22(26-11)27-12(2)30)35(32,33)29(15-5-3-4-14(23)9-15)10-13-8-18(31)28-20-16(13)6-7-17(24)19(20)25/h3-9H,10H2,1-2H3,(H,28,31)(H,26,27,30). The number of sulfonamides is 1. The minimum Gasteiger partial charge on any atom is -0.319 e. The van der Waals surface area contributed by atoms with Crippen LogP contribution < -0.4 is 15.2 Å². The third-order valence-electron chi connectivity index (χ3n) is 4.97. The normalized spacial score (nSPS) is 11.6. The lowest BCUT2D eigenvalue weighted by Gasteiger charge is -2.25. The van der Waals surface area contributed by atoms with Crippen molar-refractivity contribution in [3.63, 3.8) is 0 Å². The maximum Gasteiger partial charge on any atom is 0.276 e. The number of benzene rings is 2. The summed E-state index contributed by atoms with van der Waals surface area (Å²) in [4.78, 5) is 30.0. The predicted octanol–water partition coefficient (Wildman–Crippen LogP) is 4.58. The van der Waals surface area contributed by atoms with E-state index in [1.165, 1.54) is 32.0 Å². The van der Waals surface area contributed by atoms with Crippen molar-refractivity contribution < 1.29 is 22.0 Å². The van der Waals surface area contributed by atoms with Crippen LogP contribution in [-0.4, -0.2) is 24.3 Å². The van der Waals surface area contributed by atoms with Gasteiger partial charge in [-0.15, -0.1) is 0 Å². The Labute approximate surface area is 207 Å². The molecule has 1 amide bonds. The van der Waals surface area contributed by atoms with E-state index < -0.39 is 39.7 Å². The van der Waals surface area contributed by atoms with Crippen LogP contribution >= 0.6 is 22.9 Å². The van der Waals surface area contributed by atoms with Gasteiger partial charge in [-0.2, -0.15) is 0 Å². The molecule has 0 aliphatic carbocycles. The quantitative estimate of drug-likeness (QED) is 0.373. The number of halogens is 3. The summed E-state index contributed by atoms with van der Waals surface area (Å²) in [5.74, 6) is -2.83. The van der Waals surface area contributed by atoms with Crippen LogP contribution in [0.15, 0.2) is 51.5 Å². The van der Waals surface area contributed by atoms with Crippen LogP contribution in [0.3, 0.4) is 0 Å². The first-order valence-corrected chi connectivity index (χ1v) is 12.6. The number of anilines is 2. The number of H-pyrrole nitrogens is 1. The van der Waals surface area contributed by atoms with E-state index >= 15 is 0 Å². The first-order chi connectivity index (χ1) is 16.5. The number of fused-ring (bicyclic) bond motifs is 1. The second-order valence-corrected chi connectivity index (χ2v) is 11.0. The molecule has 8 nitrogen and oxygen atoms in total. The maximum absolute atomic E-state index is 14.4. The van der Waals surface area contributed by atoms with E-state index in [0.717, 1.165) is 27.8 Å². The van der Waals surface area contributed by atoms with Gasteiger partial charge in [-0.1, -0.05) is 29.0 Å². The number of amides is 1. The third-order valence-corrected chi connectivity index (χ3v) is 8.63. The van der Waals surface area contributed by atoms with E-state index in [1.54, 1.807) is 12.1 Å². The van der Waals surface area contributed by atoms with Gasteiger partial charge in [0.25, 0.3) is 10.0 Å². The zero-order chi connectivity index (χ0) is 25.5. The van der Waals surface area contributed by atoms with E-state index in [9.17, 15) is 26.8 Å². The Morgan fingerprint density at radius 3 is 2.66 bits per heavy atom. The minimum absolute atomic E-state index is 0.0961. The number of aromatic amines is 1. The van der Waals surface area contributed by atoms with Crippen molar-refractivity contribution in [2.75, 3.05) is 9.62 Å². The molecule has 4 aromatic rings. The fourth-order valence-corrected chi connectivity index (χ4v) is 6.67. The number of hydrogen-bond acceptors (Lipinski definition) is 6. The lowest BCUT2D eigenvalue weighted by molar-refractivity contribution is -0.114. The number of pyridine rings is 1. The second kappa shape index (κ2) is 9.36. The van der Waals surface area contributed by atoms with Gasteiger partial charge in [0.2, 0.25) is 11.5 Å². The minimum atomic E-state index is -4.32. The van der Waals surface area contributed by atoms with Crippen molar-refractivity contribution in [2.45, 2.75) is 24.6 Å². The van der Waals surface area contributed by atoms with Gasteiger partial charge in [-0.3, -0.25) is 13.9 Å². The van der Waals surface area contributed by atoms with Crippen molar-refractivity contribution in [3.8, 4) is 0 Å². The predicted molar refractivity (Wildman–Crippen MR) is 130 cm³/mol. The highest BCUT2D eigenvalue weighted by molar-refractivity contribution is 7.94. The van der Waals surface area contributed by atoms with Crippen molar-refractivity contribution in [2.24, 2.45) is 0 Å². The van der Waals surface area contributed by atoms with Gasteiger partial charge >= 0.3 is 0 Å². The lowest BCUT2D eigenvalue weighted by Crippen LogP contribution is -2.31. The Bertz CT molecular complexity index is 1640. The van der Waals surface area contributed by atoms with Crippen molar-refractivity contribution in [3.05, 3.63) is 80.7 Å². The highest BCUT2D eigenvalue weighted by Crippen LogP contribution is 2.35. The molecule has 4 rings (SSSR count).